The molecule has 98 valence electrons. The third-order valence-electron chi connectivity index (χ3n) is 3.24. The summed E-state index contributed by atoms with van der Waals surface area (Å²) >= 11 is 6.13. The maximum absolute atomic E-state index is 11.7. The van der Waals surface area contributed by atoms with Crippen LogP contribution in [-0.2, 0) is 16.1 Å². The Bertz CT molecular complexity index is 439. The normalized spacial score (nSPS) is 24.2. The Morgan fingerprint density at radius 1 is 1.56 bits per heavy atom. The predicted molar refractivity (Wildman–Crippen MR) is 70.3 cm³/mol. The molecule has 0 amide bonds. The van der Waals surface area contributed by atoms with Gasteiger partial charge in [0.1, 0.15) is 6.04 Å². The van der Waals surface area contributed by atoms with Gasteiger partial charge in [-0.3, -0.25) is 9.69 Å². The SMILES string of the molecule is COC(=O)[C@@H]1C[C@H](N)CN1Cc1ccccc1Cl. The Balaban J connectivity index is 2.12. The van der Waals surface area contributed by atoms with Crippen molar-refractivity contribution in [1.82, 2.24) is 4.90 Å². The van der Waals surface area contributed by atoms with E-state index in [-0.39, 0.29) is 18.1 Å². The summed E-state index contributed by atoms with van der Waals surface area (Å²) in [4.78, 5) is 13.7. The number of ether oxygens (including phenoxy) is 1. The largest absolute Gasteiger partial charge is 0.468 e. The summed E-state index contributed by atoms with van der Waals surface area (Å²) in [5.41, 5.74) is 6.92. The number of nitrogens with zero attached hydrogens (tertiary/aromatic N) is 1. The zero-order chi connectivity index (χ0) is 13.1. The van der Waals surface area contributed by atoms with E-state index < -0.39 is 0 Å². The van der Waals surface area contributed by atoms with Crippen LogP contribution in [0, 0.1) is 0 Å². The average molecular weight is 269 g/mol. The molecule has 0 bridgehead atoms. The molecule has 0 aromatic heterocycles. The van der Waals surface area contributed by atoms with Gasteiger partial charge in [-0.1, -0.05) is 29.8 Å². The molecule has 1 aliphatic rings. The smallest absolute Gasteiger partial charge is 0.323 e. The van der Waals surface area contributed by atoms with Crippen molar-refractivity contribution in [2.75, 3.05) is 13.7 Å². The first-order chi connectivity index (χ1) is 8.61. The van der Waals surface area contributed by atoms with Gasteiger partial charge in [0.15, 0.2) is 0 Å². The molecular formula is C13H17ClN2O2. The number of halogens is 1. The molecular weight excluding hydrogens is 252 g/mol. The number of esters is 1. The van der Waals surface area contributed by atoms with E-state index in [4.69, 9.17) is 22.1 Å². The molecule has 0 spiro atoms. The van der Waals surface area contributed by atoms with Crippen LogP contribution in [0.15, 0.2) is 24.3 Å². The summed E-state index contributed by atoms with van der Waals surface area (Å²) in [6, 6.07) is 7.38. The third-order valence-corrected chi connectivity index (χ3v) is 3.61. The zero-order valence-corrected chi connectivity index (χ0v) is 11.1. The lowest BCUT2D eigenvalue weighted by molar-refractivity contribution is -0.146. The molecule has 2 atom stereocenters. The maximum atomic E-state index is 11.7. The van der Waals surface area contributed by atoms with Crippen LogP contribution in [0.3, 0.4) is 0 Å². The van der Waals surface area contributed by atoms with Crippen molar-refractivity contribution in [3.8, 4) is 0 Å². The van der Waals surface area contributed by atoms with Gasteiger partial charge in [0.25, 0.3) is 0 Å². The van der Waals surface area contributed by atoms with Gasteiger partial charge < -0.3 is 10.5 Å². The molecule has 2 N–H and O–H groups in total. The summed E-state index contributed by atoms with van der Waals surface area (Å²) in [7, 11) is 1.40. The van der Waals surface area contributed by atoms with Gasteiger partial charge in [0.2, 0.25) is 0 Å². The van der Waals surface area contributed by atoms with E-state index in [1.807, 2.05) is 29.2 Å². The molecule has 4 nitrogen and oxygen atoms in total. The number of benzene rings is 1. The minimum atomic E-state index is -0.263. The van der Waals surface area contributed by atoms with E-state index in [2.05, 4.69) is 0 Å². The molecule has 1 aromatic rings. The fourth-order valence-corrected chi connectivity index (χ4v) is 2.54. The van der Waals surface area contributed by atoms with Crippen LogP contribution in [0.25, 0.3) is 0 Å². The Morgan fingerprint density at radius 2 is 2.28 bits per heavy atom. The minimum absolute atomic E-state index is 0.0107. The number of carbonyl (C=O) groups excluding carboxylic acids is 1. The second kappa shape index (κ2) is 5.69. The Kier molecular flexibility index (Phi) is 4.22. The van der Waals surface area contributed by atoms with Gasteiger partial charge in [-0.15, -0.1) is 0 Å². The highest BCUT2D eigenvalue weighted by Crippen LogP contribution is 2.23. The van der Waals surface area contributed by atoms with Gasteiger partial charge in [0.05, 0.1) is 7.11 Å². The van der Waals surface area contributed by atoms with E-state index in [1.54, 1.807) is 0 Å². The van der Waals surface area contributed by atoms with Crippen molar-refractivity contribution >= 4 is 17.6 Å². The molecule has 1 heterocycles. The Labute approximate surface area is 112 Å². The number of hydrogen-bond acceptors (Lipinski definition) is 4. The Hall–Kier alpha value is -1.10. The standard InChI is InChI=1S/C13H17ClN2O2/c1-18-13(17)12-6-10(15)8-16(12)7-9-4-2-3-5-11(9)14/h2-5,10,12H,6-8,15H2,1H3/t10-,12-/m0/s1. The zero-order valence-electron chi connectivity index (χ0n) is 10.3. The number of nitrogens with two attached hydrogens (primary N) is 1. The first-order valence-corrected chi connectivity index (χ1v) is 6.30. The lowest BCUT2D eigenvalue weighted by Crippen LogP contribution is -2.36. The quantitative estimate of drug-likeness (QED) is 0.843. The lowest BCUT2D eigenvalue weighted by Gasteiger charge is -2.22. The third kappa shape index (κ3) is 2.83. The monoisotopic (exact) mass is 268 g/mol. The van der Waals surface area contributed by atoms with Crippen molar-refractivity contribution in [3.63, 3.8) is 0 Å². The van der Waals surface area contributed by atoms with Gasteiger partial charge >= 0.3 is 5.97 Å². The Morgan fingerprint density at radius 3 is 2.94 bits per heavy atom. The molecule has 2 rings (SSSR count). The van der Waals surface area contributed by atoms with Crippen molar-refractivity contribution in [1.29, 1.82) is 0 Å². The summed E-state index contributed by atoms with van der Waals surface area (Å²) in [5, 5.41) is 0.710. The molecule has 0 saturated carbocycles. The molecule has 5 heteroatoms. The number of hydrogen-bond donors (Lipinski definition) is 1. The average Bonchev–Trinajstić information content (AvgIpc) is 2.72. The van der Waals surface area contributed by atoms with Gasteiger partial charge in [0, 0.05) is 24.2 Å². The van der Waals surface area contributed by atoms with Crippen LogP contribution in [0.2, 0.25) is 5.02 Å². The van der Waals surface area contributed by atoms with Crippen LogP contribution >= 0.6 is 11.6 Å². The van der Waals surface area contributed by atoms with Crippen molar-refractivity contribution in [2.45, 2.75) is 25.0 Å². The topological polar surface area (TPSA) is 55.6 Å². The molecule has 1 aromatic carbocycles. The van der Waals surface area contributed by atoms with Crippen LogP contribution in [0.1, 0.15) is 12.0 Å². The fourth-order valence-electron chi connectivity index (χ4n) is 2.34. The maximum Gasteiger partial charge on any atom is 0.323 e. The van der Waals surface area contributed by atoms with Gasteiger partial charge in [-0.2, -0.15) is 0 Å². The van der Waals surface area contributed by atoms with Crippen molar-refractivity contribution in [2.24, 2.45) is 5.73 Å². The second-order valence-corrected chi connectivity index (χ2v) is 4.96. The van der Waals surface area contributed by atoms with E-state index in [0.717, 1.165) is 5.56 Å². The summed E-state index contributed by atoms with van der Waals surface area (Å²) in [6.07, 6.45) is 0.636. The fraction of sp³-hybridized carbons (Fsp3) is 0.462. The summed E-state index contributed by atoms with van der Waals surface area (Å²) < 4.78 is 4.81. The first kappa shape index (κ1) is 13.3. The molecule has 1 fully saturated rings. The number of likely N-dealkylation sites (tertiary alicyclic amines) is 1. The minimum Gasteiger partial charge on any atom is -0.468 e. The van der Waals surface area contributed by atoms with Crippen molar-refractivity contribution in [3.05, 3.63) is 34.9 Å². The predicted octanol–water partition coefficient (Wildman–Crippen LogP) is 1.41. The second-order valence-electron chi connectivity index (χ2n) is 4.56. The van der Waals surface area contributed by atoms with Crippen LogP contribution in [0.4, 0.5) is 0 Å². The first-order valence-electron chi connectivity index (χ1n) is 5.92. The molecule has 0 aliphatic carbocycles. The molecule has 1 aliphatic heterocycles. The molecule has 0 radical (unpaired) electrons. The lowest BCUT2D eigenvalue weighted by atomic mass is 10.1. The van der Waals surface area contributed by atoms with Crippen molar-refractivity contribution < 1.29 is 9.53 Å². The van der Waals surface area contributed by atoms with E-state index >= 15 is 0 Å². The van der Waals surface area contributed by atoms with Gasteiger partial charge in [-0.05, 0) is 18.1 Å². The molecule has 0 unspecified atom stereocenters. The van der Waals surface area contributed by atoms with Crippen LogP contribution in [0.5, 0.6) is 0 Å². The van der Waals surface area contributed by atoms with E-state index in [9.17, 15) is 4.79 Å². The van der Waals surface area contributed by atoms with Crippen LogP contribution in [-0.4, -0.2) is 36.6 Å². The number of rotatable bonds is 3. The van der Waals surface area contributed by atoms with Gasteiger partial charge in [-0.25, -0.2) is 0 Å². The van der Waals surface area contributed by atoms with E-state index in [0.29, 0.717) is 24.5 Å². The molecule has 1 saturated heterocycles. The number of carbonyl (C=O) groups is 1. The molecule has 18 heavy (non-hydrogen) atoms. The summed E-state index contributed by atoms with van der Waals surface area (Å²) in [5.74, 6) is -0.227. The van der Waals surface area contributed by atoms with E-state index in [1.165, 1.54) is 7.11 Å². The summed E-state index contributed by atoms with van der Waals surface area (Å²) in [6.45, 7) is 1.30. The highest BCUT2D eigenvalue weighted by Gasteiger charge is 2.35. The van der Waals surface area contributed by atoms with Crippen LogP contribution < -0.4 is 5.73 Å². The number of methoxy groups -OCH3 is 1. The highest BCUT2D eigenvalue weighted by molar-refractivity contribution is 6.31. The highest BCUT2D eigenvalue weighted by atomic mass is 35.5.